The first-order chi connectivity index (χ1) is 6.87. The molecule has 0 aliphatic heterocycles. The Morgan fingerprint density at radius 2 is 2.20 bits per heavy atom. The summed E-state index contributed by atoms with van der Waals surface area (Å²) in [5.41, 5.74) is -0.780. The summed E-state index contributed by atoms with van der Waals surface area (Å²) in [6, 6.07) is 0. The van der Waals surface area contributed by atoms with Crippen LogP contribution in [0, 0.1) is 0 Å². The van der Waals surface area contributed by atoms with E-state index in [2.05, 4.69) is 5.32 Å². The van der Waals surface area contributed by atoms with E-state index < -0.39 is 5.60 Å². The Morgan fingerprint density at radius 3 is 2.67 bits per heavy atom. The number of hydrogen-bond donors (Lipinski definition) is 2. The number of thioether (sulfide) groups is 1. The van der Waals surface area contributed by atoms with Crippen LogP contribution in [-0.4, -0.2) is 47.9 Å². The minimum absolute atomic E-state index is 0.0917. The molecule has 0 amide bonds. The lowest BCUT2D eigenvalue weighted by Crippen LogP contribution is -2.42. The van der Waals surface area contributed by atoms with Gasteiger partial charge in [0, 0.05) is 12.3 Å². The fourth-order valence-corrected chi connectivity index (χ4v) is 1.82. The van der Waals surface area contributed by atoms with Crippen molar-refractivity contribution >= 4 is 17.7 Å². The summed E-state index contributed by atoms with van der Waals surface area (Å²) < 4.78 is 4.94. The maximum absolute atomic E-state index is 11.1. The van der Waals surface area contributed by atoms with Crippen LogP contribution in [0.5, 0.6) is 0 Å². The van der Waals surface area contributed by atoms with E-state index >= 15 is 0 Å². The van der Waals surface area contributed by atoms with Crippen molar-refractivity contribution in [2.45, 2.75) is 32.5 Å². The van der Waals surface area contributed by atoms with Gasteiger partial charge in [-0.3, -0.25) is 4.79 Å². The van der Waals surface area contributed by atoms with Crippen LogP contribution in [-0.2, 0) is 9.53 Å². The van der Waals surface area contributed by atoms with Crippen molar-refractivity contribution in [1.29, 1.82) is 0 Å². The molecule has 1 unspecified atom stereocenters. The quantitative estimate of drug-likeness (QED) is 0.634. The van der Waals surface area contributed by atoms with Gasteiger partial charge in [-0.1, -0.05) is 0 Å². The Hall–Kier alpha value is -0.260. The SMILES string of the molecule is CSCC(C)(O)CNCC(=O)OC(C)C. The largest absolute Gasteiger partial charge is 0.462 e. The highest BCUT2D eigenvalue weighted by molar-refractivity contribution is 7.98. The molecule has 0 aromatic rings. The molecular weight excluding hydrogens is 214 g/mol. The Kier molecular flexibility index (Phi) is 6.96. The van der Waals surface area contributed by atoms with Crippen LogP contribution >= 0.6 is 11.8 Å². The molecule has 0 heterocycles. The summed E-state index contributed by atoms with van der Waals surface area (Å²) in [5, 5.41) is 12.7. The van der Waals surface area contributed by atoms with Gasteiger partial charge >= 0.3 is 5.97 Å². The summed E-state index contributed by atoms with van der Waals surface area (Å²) in [5.74, 6) is 0.351. The van der Waals surface area contributed by atoms with Gasteiger partial charge in [-0.2, -0.15) is 11.8 Å². The fraction of sp³-hybridized carbons (Fsp3) is 0.900. The maximum atomic E-state index is 11.1. The first-order valence-corrected chi connectivity index (χ1v) is 6.38. The van der Waals surface area contributed by atoms with E-state index in [1.54, 1.807) is 18.7 Å². The molecule has 0 saturated carbocycles. The summed E-state index contributed by atoms with van der Waals surface area (Å²) in [4.78, 5) is 11.1. The number of aliphatic hydroxyl groups is 1. The lowest BCUT2D eigenvalue weighted by atomic mass is 10.1. The van der Waals surface area contributed by atoms with Gasteiger partial charge in [0.2, 0.25) is 0 Å². The van der Waals surface area contributed by atoms with Crippen LogP contribution < -0.4 is 5.32 Å². The molecule has 1 atom stereocenters. The fourth-order valence-electron chi connectivity index (χ4n) is 1.10. The third kappa shape index (κ3) is 8.72. The highest BCUT2D eigenvalue weighted by atomic mass is 32.2. The second-order valence-electron chi connectivity index (χ2n) is 4.07. The molecule has 0 rings (SSSR count). The summed E-state index contributed by atoms with van der Waals surface area (Å²) in [6.07, 6.45) is 1.84. The van der Waals surface area contributed by atoms with Gasteiger partial charge < -0.3 is 15.2 Å². The minimum Gasteiger partial charge on any atom is -0.462 e. The molecular formula is C10H21NO3S. The van der Waals surface area contributed by atoms with Gasteiger partial charge in [0.05, 0.1) is 18.2 Å². The number of rotatable bonds is 7. The molecule has 5 heteroatoms. The molecule has 0 spiro atoms. The van der Waals surface area contributed by atoms with Gasteiger partial charge in [-0.25, -0.2) is 0 Å². The summed E-state index contributed by atoms with van der Waals surface area (Å²) in [6.45, 7) is 5.89. The van der Waals surface area contributed by atoms with Crippen LogP contribution in [0.3, 0.4) is 0 Å². The molecule has 0 aromatic carbocycles. The van der Waals surface area contributed by atoms with Crippen molar-refractivity contribution in [1.82, 2.24) is 5.32 Å². The predicted molar refractivity (Wildman–Crippen MR) is 63.1 cm³/mol. The Balaban J connectivity index is 3.65. The average Bonchev–Trinajstić information content (AvgIpc) is 2.01. The van der Waals surface area contributed by atoms with Gasteiger partial charge in [0.15, 0.2) is 0 Å². The van der Waals surface area contributed by atoms with Crippen molar-refractivity contribution in [3.63, 3.8) is 0 Å². The zero-order valence-electron chi connectivity index (χ0n) is 9.87. The first-order valence-electron chi connectivity index (χ1n) is 4.99. The van der Waals surface area contributed by atoms with Gasteiger partial charge in [0.25, 0.3) is 0 Å². The number of hydrogen-bond acceptors (Lipinski definition) is 5. The van der Waals surface area contributed by atoms with E-state index in [-0.39, 0.29) is 18.6 Å². The minimum atomic E-state index is -0.780. The average molecular weight is 235 g/mol. The molecule has 0 bridgehead atoms. The second-order valence-corrected chi connectivity index (χ2v) is 4.94. The van der Waals surface area contributed by atoms with Crippen molar-refractivity contribution in [3.8, 4) is 0 Å². The van der Waals surface area contributed by atoms with Crippen molar-refractivity contribution < 1.29 is 14.6 Å². The third-order valence-electron chi connectivity index (χ3n) is 1.60. The first kappa shape index (κ1) is 14.7. The molecule has 0 aromatic heterocycles. The topological polar surface area (TPSA) is 58.6 Å². The van der Waals surface area contributed by atoms with E-state index in [0.717, 1.165) is 0 Å². The van der Waals surface area contributed by atoms with Gasteiger partial charge in [-0.15, -0.1) is 0 Å². The number of nitrogens with one attached hydrogen (secondary N) is 1. The van der Waals surface area contributed by atoms with Crippen molar-refractivity contribution in [2.75, 3.05) is 25.1 Å². The Morgan fingerprint density at radius 1 is 1.60 bits per heavy atom. The third-order valence-corrected chi connectivity index (χ3v) is 2.51. The van der Waals surface area contributed by atoms with Crippen LogP contribution in [0.4, 0.5) is 0 Å². The van der Waals surface area contributed by atoms with E-state index in [1.165, 1.54) is 0 Å². The molecule has 0 fully saturated rings. The van der Waals surface area contributed by atoms with E-state index in [0.29, 0.717) is 12.3 Å². The van der Waals surface area contributed by atoms with Gasteiger partial charge in [-0.05, 0) is 27.0 Å². The molecule has 2 N–H and O–H groups in total. The number of ether oxygens (including phenoxy) is 1. The van der Waals surface area contributed by atoms with Gasteiger partial charge in [0.1, 0.15) is 0 Å². The van der Waals surface area contributed by atoms with Crippen molar-refractivity contribution in [2.24, 2.45) is 0 Å². The lowest BCUT2D eigenvalue weighted by molar-refractivity contribution is -0.146. The predicted octanol–water partition coefficient (Wildman–Crippen LogP) is 0.642. The maximum Gasteiger partial charge on any atom is 0.320 e. The highest BCUT2D eigenvalue weighted by Gasteiger charge is 2.19. The molecule has 90 valence electrons. The number of carbonyl (C=O) groups excluding carboxylic acids is 1. The Labute approximate surface area is 95.8 Å². The Bertz CT molecular complexity index is 195. The zero-order valence-corrected chi connectivity index (χ0v) is 10.7. The molecule has 4 nitrogen and oxygen atoms in total. The monoisotopic (exact) mass is 235 g/mol. The van der Waals surface area contributed by atoms with Crippen molar-refractivity contribution in [3.05, 3.63) is 0 Å². The highest BCUT2D eigenvalue weighted by Crippen LogP contribution is 2.08. The van der Waals surface area contributed by atoms with E-state index in [9.17, 15) is 9.90 Å². The van der Waals surface area contributed by atoms with Crippen LogP contribution in [0.2, 0.25) is 0 Å². The molecule has 0 radical (unpaired) electrons. The van der Waals surface area contributed by atoms with E-state index in [4.69, 9.17) is 4.74 Å². The zero-order chi connectivity index (χ0) is 11.9. The van der Waals surface area contributed by atoms with Crippen LogP contribution in [0.15, 0.2) is 0 Å². The molecule has 0 saturated heterocycles. The smallest absolute Gasteiger partial charge is 0.320 e. The summed E-state index contributed by atoms with van der Waals surface area (Å²) >= 11 is 1.57. The van der Waals surface area contributed by atoms with Crippen LogP contribution in [0.25, 0.3) is 0 Å². The molecule has 0 aliphatic rings. The summed E-state index contributed by atoms with van der Waals surface area (Å²) in [7, 11) is 0. The second kappa shape index (κ2) is 7.09. The van der Waals surface area contributed by atoms with E-state index in [1.807, 2.05) is 20.1 Å². The molecule has 15 heavy (non-hydrogen) atoms. The lowest BCUT2D eigenvalue weighted by Gasteiger charge is -2.22. The number of esters is 1. The number of carbonyl (C=O) groups is 1. The standard InChI is InChI=1S/C10H21NO3S/c1-8(2)14-9(12)5-11-6-10(3,13)7-15-4/h8,11,13H,5-7H2,1-4H3. The molecule has 0 aliphatic carbocycles. The normalized spacial score (nSPS) is 15.1. The van der Waals surface area contributed by atoms with Crippen LogP contribution in [0.1, 0.15) is 20.8 Å².